The first-order valence-corrected chi connectivity index (χ1v) is 11.9. The first-order valence-electron chi connectivity index (χ1n) is 10.6. The smallest absolute Gasteiger partial charge is 0.335 e. The van der Waals surface area contributed by atoms with Crippen LogP contribution in [0.1, 0.15) is 35.6 Å². The molecule has 3 rings (SSSR count). The number of ether oxygens (including phenoxy) is 2. The van der Waals surface area contributed by atoms with Crippen LogP contribution in [0.4, 0.5) is 5.69 Å². The lowest BCUT2D eigenvalue weighted by atomic mass is 10.2. The standard InChI is InChI=1S/C23H25ClN4O5S/c1-4-28-20(12-33-18-9-6-14(3)10-19(18)32-5-2)26-27-23(28)34-13-21(29)25-17-11-15(22(30)31)7-8-16(17)24/h6-11H,4-5,12-13H2,1-3H3,(H,25,29)(H,30,31). The molecule has 3 aromatic rings. The summed E-state index contributed by atoms with van der Waals surface area (Å²) < 4.78 is 13.5. The maximum absolute atomic E-state index is 12.4. The van der Waals surface area contributed by atoms with Crippen LogP contribution in [-0.2, 0) is 17.9 Å². The van der Waals surface area contributed by atoms with Gasteiger partial charge < -0.3 is 24.5 Å². The topological polar surface area (TPSA) is 116 Å². The molecule has 0 bridgehead atoms. The number of carbonyl (C=O) groups excluding carboxylic acids is 1. The van der Waals surface area contributed by atoms with Gasteiger partial charge in [0, 0.05) is 6.54 Å². The summed E-state index contributed by atoms with van der Waals surface area (Å²) >= 11 is 7.28. The lowest BCUT2D eigenvalue weighted by Gasteiger charge is -2.13. The highest BCUT2D eigenvalue weighted by molar-refractivity contribution is 7.99. The van der Waals surface area contributed by atoms with Gasteiger partial charge in [0.15, 0.2) is 22.5 Å². The summed E-state index contributed by atoms with van der Waals surface area (Å²) in [5.74, 6) is 0.490. The Bertz CT molecular complexity index is 1180. The number of anilines is 1. The van der Waals surface area contributed by atoms with Gasteiger partial charge in [-0.05, 0) is 56.7 Å². The number of aryl methyl sites for hydroxylation is 1. The Hall–Kier alpha value is -3.24. The Morgan fingerprint density at radius 3 is 2.62 bits per heavy atom. The quantitative estimate of drug-likeness (QED) is 0.362. The Balaban J connectivity index is 1.63. The second-order valence-corrected chi connectivity index (χ2v) is 8.50. The molecule has 1 heterocycles. The number of hydrogen-bond donors (Lipinski definition) is 2. The maximum Gasteiger partial charge on any atom is 0.335 e. The predicted octanol–water partition coefficient (Wildman–Crippen LogP) is 4.67. The molecule has 0 atom stereocenters. The Labute approximate surface area is 206 Å². The Morgan fingerprint density at radius 1 is 1.12 bits per heavy atom. The summed E-state index contributed by atoms with van der Waals surface area (Å²) in [5.41, 5.74) is 1.34. The zero-order chi connectivity index (χ0) is 24.7. The van der Waals surface area contributed by atoms with E-state index in [4.69, 9.17) is 26.2 Å². The maximum atomic E-state index is 12.4. The van der Waals surface area contributed by atoms with Gasteiger partial charge in [0.2, 0.25) is 5.91 Å². The van der Waals surface area contributed by atoms with Gasteiger partial charge in [0.25, 0.3) is 0 Å². The number of nitrogens with zero attached hydrogens (tertiary/aromatic N) is 3. The Morgan fingerprint density at radius 2 is 1.91 bits per heavy atom. The predicted molar refractivity (Wildman–Crippen MR) is 130 cm³/mol. The first-order chi connectivity index (χ1) is 16.3. The summed E-state index contributed by atoms with van der Waals surface area (Å²) in [6, 6.07) is 9.84. The fourth-order valence-corrected chi connectivity index (χ4v) is 4.05. The fourth-order valence-electron chi connectivity index (χ4n) is 3.07. The zero-order valence-corrected chi connectivity index (χ0v) is 20.6. The molecule has 0 fully saturated rings. The molecule has 0 spiro atoms. The van der Waals surface area contributed by atoms with Gasteiger partial charge in [-0.1, -0.05) is 29.4 Å². The molecule has 34 heavy (non-hydrogen) atoms. The van der Waals surface area contributed by atoms with Crippen molar-refractivity contribution in [3.05, 3.63) is 58.4 Å². The van der Waals surface area contributed by atoms with Gasteiger partial charge in [-0.2, -0.15) is 0 Å². The molecule has 0 saturated carbocycles. The van der Waals surface area contributed by atoms with Crippen molar-refractivity contribution < 1.29 is 24.2 Å². The van der Waals surface area contributed by atoms with Crippen molar-refractivity contribution in [1.82, 2.24) is 14.8 Å². The van der Waals surface area contributed by atoms with Crippen LogP contribution in [0.5, 0.6) is 11.5 Å². The van der Waals surface area contributed by atoms with Crippen LogP contribution in [0.3, 0.4) is 0 Å². The number of halogens is 1. The minimum atomic E-state index is -1.11. The monoisotopic (exact) mass is 504 g/mol. The third-order valence-electron chi connectivity index (χ3n) is 4.69. The van der Waals surface area contributed by atoms with Gasteiger partial charge in [0.1, 0.15) is 6.61 Å². The van der Waals surface area contributed by atoms with E-state index in [1.165, 1.54) is 30.0 Å². The van der Waals surface area contributed by atoms with Crippen molar-refractivity contribution in [2.24, 2.45) is 0 Å². The highest BCUT2D eigenvalue weighted by Crippen LogP contribution is 2.29. The number of benzene rings is 2. The highest BCUT2D eigenvalue weighted by atomic mass is 35.5. The molecule has 2 N–H and O–H groups in total. The summed E-state index contributed by atoms with van der Waals surface area (Å²) in [4.78, 5) is 23.6. The van der Waals surface area contributed by atoms with Gasteiger partial charge in [-0.3, -0.25) is 4.79 Å². The average molecular weight is 505 g/mol. The Kier molecular flexibility index (Phi) is 8.78. The zero-order valence-electron chi connectivity index (χ0n) is 19.0. The number of thioether (sulfide) groups is 1. The normalized spacial score (nSPS) is 10.7. The van der Waals surface area contributed by atoms with E-state index in [9.17, 15) is 9.59 Å². The van der Waals surface area contributed by atoms with Crippen LogP contribution in [0.25, 0.3) is 0 Å². The van der Waals surface area contributed by atoms with E-state index in [0.717, 1.165) is 5.56 Å². The SMILES string of the molecule is CCOc1cc(C)ccc1OCc1nnc(SCC(=O)Nc2cc(C(=O)O)ccc2Cl)n1CC. The largest absolute Gasteiger partial charge is 0.490 e. The minimum Gasteiger partial charge on any atom is -0.490 e. The van der Waals surface area contributed by atoms with Gasteiger partial charge in [0.05, 0.1) is 28.6 Å². The molecule has 0 saturated heterocycles. The molecule has 1 amide bonds. The lowest BCUT2D eigenvalue weighted by molar-refractivity contribution is -0.113. The molecule has 180 valence electrons. The number of aromatic nitrogens is 3. The van der Waals surface area contributed by atoms with Crippen molar-refractivity contribution in [3.63, 3.8) is 0 Å². The summed E-state index contributed by atoms with van der Waals surface area (Å²) in [7, 11) is 0. The van der Waals surface area contributed by atoms with E-state index in [-0.39, 0.29) is 34.5 Å². The molecular weight excluding hydrogens is 480 g/mol. The molecule has 0 aliphatic heterocycles. The number of rotatable bonds is 11. The van der Waals surface area contributed by atoms with Crippen molar-refractivity contribution >= 4 is 40.9 Å². The average Bonchev–Trinajstić information content (AvgIpc) is 3.20. The summed E-state index contributed by atoms with van der Waals surface area (Å²) in [5, 5.41) is 21.0. The molecule has 0 unspecified atom stereocenters. The van der Waals surface area contributed by atoms with E-state index < -0.39 is 5.97 Å². The molecule has 0 radical (unpaired) electrons. The third-order valence-corrected chi connectivity index (χ3v) is 5.98. The fraction of sp³-hybridized carbons (Fsp3) is 0.304. The molecule has 2 aromatic carbocycles. The number of aromatic carboxylic acids is 1. The molecule has 1 aromatic heterocycles. The van der Waals surface area contributed by atoms with Gasteiger partial charge in [-0.15, -0.1) is 10.2 Å². The molecular formula is C23H25ClN4O5S. The van der Waals surface area contributed by atoms with E-state index in [0.29, 0.717) is 35.6 Å². The van der Waals surface area contributed by atoms with Crippen LogP contribution >= 0.6 is 23.4 Å². The van der Waals surface area contributed by atoms with Crippen molar-refractivity contribution in [3.8, 4) is 11.5 Å². The number of carboxylic acids is 1. The van der Waals surface area contributed by atoms with Crippen molar-refractivity contribution in [1.29, 1.82) is 0 Å². The third kappa shape index (κ3) is 6.42. The van der Waals surface area contributed by atoms with Gasteiger partial charge >= 0.3 is 5.97 Å². The van der Waals surface area contributed by atoms with Crippen LogP contribution in [0.15, 0.2) is 41.6 Å². The van der Waals surface area contributed by atoms with E-state index >= 15 is 0 Å². The summed E-state index contributed by atoms with van der Waals surface area (Å²) in [6.07, 6.45) is 0. The van der Waals surface area contributed by atoms with E-state index in [1.54, 1.807) is 0 Å². The minimum absolute atomic E-state index is 0.0313. The van der Waals surface area contributed by atoms with Crippen LogP contribution in [-0.4, -0.2) is 44.1 Å². The van der Waals surface area contributed by atoms with Crippen LogP contribution < -0.4 is 14.8 Å². The molecule has 9 nitrogen and oxygen atoms in total. The van der Waals surface area contributed by atoms with Crippen LogP contribution in [0.2, 0.25) is 5.02 Å². The molecule has 0 aliphatic rings. The lowest BCUT2D eigenvalue weighted by Crippen LogP contribution is -2.15. The van der Waals surface area contributed by atoms with Crippen molar-refractivity contribution in [2.45, 2.75) is 39.1 Å². The number of amides is 1. The molecule has 0 aliphatic carbocycles. The number of nitrogens with one attached hydrogen (secondary N) is 1. The van der Waals surface area contributed by atoms with Gasteiger partial charge in [-0.25, -0.2) is 4.79 Å². The number of hydrogen-bond acceptors (Lipinski definition) is 7. The van der Waals surface area contributed by atoms with E-state index in [1.807, 2.05) is 43.5 Å². The van der Waals surface area contributed by atoms with E-state index in [2.05, 4.69) is 15.5 Å². The second kappa shape index (κ2) is 11.8. The summed E-state index contributed by atoms with van der Waals surface area (Å²) in [6.45, 7) is 7.15. The van der Waals surface area contributed by atoms with Crippen molar-refractivity contribution in [2.75, 3.05) is 17.7 Å². The number of carboxylic acid groups (broad SMARTS) is 1. The number of carbonyl (C=O) groups is 2. The molecule has 11 heteroatoms. The first kappa shape index (κ1) is 25.4. The van der Waals surface area contributed by atoms with Crippen LogP contribution in [0, 0.1) is 6.92 Å². The second-order valence-electron chi connectivity index (χ2n) is 7.15. The highest BCUT2D eigenvalue weighted by Gasteiger charge is 2.16.